The molecule has 0 aromatic carbocycles. The van der Waals surface area contributed by atoms with E-state index in [1.54, 1.807) is 14.0 Å². The van der Waals surface area contributed by atoms with Crippen LogP contribution < -0.4 is 5.32 Å². The van der Waals surface area contributed by atoms with Crippen molar-refractivity contribution < 1.29 is 18.0 Å². The molecule has 0 bridgehead atoms. The van der Waals surface area contributed by atoms with E-state index in [0.29, 0.717) is 29.3 Å². The summed E-state index contributed by atoms with van der Waals surface area (Å²) in [5.41, 5.74) is 0.698. The molecular formula is C25H29F2N5O2S. The number of carbonyl (C=O) groups excluding carboxylic acids is 1. The van der Waals surface area contributed by atoms with Crippen molar-refractivity contribution >= 4 is 22.7 Å². The van der Waals surface area contributed by atoms with Crippen molar-refractivity contribution in [2.45, 2.75) is 58.4 Å². The number of nitrogens with one attached hydrogen (secondary N) is 1. The number of nitriles is 1. The topological polar surface area (TPSA) is 104 Å². The van der Waals surface area contributed by atoms with Gasteiger partial charge in [0.05, 0.1) is 17.5 Å². The number of thioether (sulfide) groups is 1. The monoisotopic (exact) mass is 501 g/mol. The van der Waals surface area contributed by atoms with E-state index in [0.717, 1.165) is 23.0 Å². The van der Waals surface area contributed by atoms with Crippen molar-refractivity contribution in [1.29, 1.82) is 5.26 Å². The molecule has 0 atom stereocenters. The molecule has 1 aromatic heterocycles. The van der Waals surface area contributed by atoms with Crippen LogP contribution in [0, 0.1) is 11.3 Å². The minimum Gasteiger partial charge on any atom is -0.424 e. The highest BCUT2D eigenvalue weighted by Crippen LogP contribution is 2.34. The lowest BCUT2D eigenvalue weighted by Crippen LogP contribution is -2.36. The lowest BCUT2D eigenvalue weighted by atomic mass is 10.1. The summed E-state index contributed by atoms with van der Waals surface area (Å²) >= 11 is 1.41. The van der Waals surface area contributed by atoms with Gasteiger partial charge in [0.1, 0.15) is 23.6 Å². The average molecular weight is 502 g/mol. The van der Waals surface area contributed by atoms with Crippen molar-refractivity contribution in [2.75, 3.05) is 7.05 Å². The van der Waals surface area contributed by atoms with Crippen molar-refractivity contribution in [3.63, 3.8) is 0 Å². The summed E-state index contributed by atoms with van der Waals surface area (Å²) in [5, 5.41) is 20.4. The number of nitrogens with zero attached hydrogens (tertiary/aromatic N) is 4. The molecule has 7 nitrogen and oxygen atoms in total. The number of allylic oxidation sites excluding steroid dienone is 8. The zero-order valence-corrected chi connectivity index (χ0v) is 21.1. The standard InChI is InChI=1S/C25H29F2N5O2S/c1-6-7-20(11-17(3)16(2)10-19(27)12-18(4)26)35-24(29-5)14-23-32-31-22(34-23)13-21(33)30-25(15-28)8-9-25/h7,10-12H,4,6,8-9,13-14H2,1-3,5H3,(H,30,33)/b16-10+,17-11+,19-12+,20-7+,29-24?. The SMILES string of the molecule is C=C(F)\C=C(F)/C=C(C)/C(C)=C/C(=C\CC)SC(Cc1nnc(CC(=O)NC2(C#N)CC2)o1)=NC. The van der Waals surface area contributed by atoms with Crippen molar-refractivity contribution in [3.8, 4) is 6.07 Å². The van der Waals surface area contributed by atoms with Crippen LogP contribution in [-0.4, -0.2) is 33.7 Å². The quantitative estimate of drug-likeness (QED) is 0.240. The third-order valence-electron chi connectivity index (χ3n) is 4.99. The molecule has 35 heavy (non-hydrogen) atoms. The zero-order valence-electron chi connectivity index (χ0n) is 20.3. The lowest BCUT2D eigenvalue weighted by Gasteiger charge is -2.08. The molecule has 0 radical (unpaired) electrons. The molecule has 186 valence electrons. The van der Waals surface area contributed by atoms with E-state index >= 15 is 0 Å². The van der Waals surface area contributed by atoms with E-state index in [1.807, 2.05) is 26.0 Å². The van der Waals surface area contributed by atoms with Crippen LogP contribution in [0.3, 0.4) is 0 Å². The molecule has 1 heterocycles. The first-order valence-corrected chi connectivity index (χ1v) is 11.9. The Hall–Kier alpha value is -3.32. The predicted molar refractivity (Wildman–Crippen MR) is 134 cm³/mol. The second kappa shape index (κ2) is 13.0. The fraction of sp³-hybridized carbons (Fsp3) is 0.400. The van der Waals surface area contributed by atoms with Crippen LogP contribution in [0.4, 0.5) is 8.78 Å². The normalized spacial score (nSPS) is 16.7. The first-order chi connectivity index (χ1) is 16.6. The maximum atomic E-state index is 13.8. The van der Waals surface area contributed by atoms with E-state index in [2.05, 4.69) is 33.2 Å². The molecule has 1 N–H and O–H groups in total. The number of hydrogen-bond acceptors (Lipinski definition) is 7. The molecule has 10 heteroatoms. The summed E-state index contributed by atoms with van der Waals surface area (Å²) in [6, 6.07) is 2.10. The Labute approximate surface area is 208 Å². The van der Waals surface area contributed by atoms with Crippen molar-refractivity contribution in [3.05, 3.63) is 70.4 Å². The molecule has 1 aliphatic carbocycles. The summed E-state index contributed by atoms with van der Waals surface area (Å²) in [5.74, 6) is -1.42. The molecule has 2 rings (SSSR count). The Kier molecular flexibility index (Phi) is 10.3. The van der Waals surface area contributed by atoms with Gasteiger partial charge in [0.2, 0.25) is 17.7 Å². The fourth-order valence-corrected chi connectivity index (χ4v) is 3.91. The van der Waals surface area contributed by atoms with Gasteiger partial charge < -0.3 is 9.73 Å². The highest BCUT2D eigenvalue weighted by atomic mass is 32.2. The van der Waals surface area contributed by atoms with Gasteiger partial charge in [-0.2, -0.15) is 5.26 Å². The van der Waals surface area contributed by atoms with E-state index < -0.39 is 17.2 Å². The van der Waals surface area contributed by atoms with Gasteiger partial charge in [-0.25, -0.2) is 8.78 Å². The van der Waals surface area contributed by atoms with E-state index in [-0.39, 0.29) is 24.6 Å². The molecule has 1 fully saturated rings. The number of carbonyl (C=O) groups is 1. The maximum absolute atomic E-state index is 13.8. The Balaban J connectivity index is 2.04. The van der Waals surface area contributed by atoms with Gasteiger partial charge in [-0.1, -0.05) is 31.3 Å². The van der Waals surface area contributed by atoms with Crippen LogP contribution in [0.25, 0.3) is 0 Å². The highest BCUT2D eigenvalue weighted by Gasteiger charge is 2.44. The predicted octanol–water partition coefficient (Wildman–Crippen LogP) is 5.61. The number of aliphatic imine (C=N–C) groups is 1. The van der Waals surface area contributed by atoms with Gasteiger partial charge in [0.25, 0.3) is 0 Å². The van der Waals surface area contributed by atoms with Crippen LogP contribution in [0.5, 0.6) is 0 Å². The molecule has 1 amide bonds. The van der Waals surface area contributed by atoms with E-state index in [9.17, 15) is 13.6 Å². The number of amides is 1. The summed E-state index contributed by atoms with van der Waals surface area (Å²) < 4.78 is 32.2. The number of hydrogen-bond donors (Lipinski definition) is 1. The summed E-state index contributed by atoms with van der Waals surface area (Å²) in [7, 11) is 1.65. The first kappa shape index (κ1) is 27.9. The van der Waals surface area contributed by atoms with Crippen LogP contribution in [-0.2, 0) is 17.6 Å². The van der Waals surface area contributed by atoms with Crippen LogP contribution in [0.1, 0.15) is 51.8 Å². The molecule has 1 saturated carbocycles. The molecule has 0 saturated heterocycles. The molecule has 1 aliphatic rings. The van der Waals surface area contributed by atoms with E-state index in [1.165, 1.54) is 17.8 Å². The maximum Gasteiger partial charge on any atom is 0.230 e. The van der Waals surface area contributed by atoms with E-state index in [4.69, 9.17) is 9.68 Å². The fourth-order valence-electron chi connectivity index (χ4n) is 2.87. The number of rotatable bonds is 11. The highest BCUT2D eigenvalue weighted by molar-refractivity contribution is 8.17. The van der Waals surface area contributed by atoms with Gasteiger partial charge in [0.15, 0.2) is 0 Å². The molecule has 1 aromatic rings. The van der Waals surface area contributed by atoms with Crippen LogP contribution in [0.15, 0.2) is 68.0 Å². The van der Waals surface area contributed by atoms with Crippen molar-refractivity contribution in [2.24, 2.45) is 4.99 Å². The Morgan fingerprint density at radius 2 is 1.86 bits per heavy atom. The average Bonchev–Trinajstić information content (AvgIpc) is 3.42. The molecule has 0 unspecified atom stereocenters. The van der Waals surface area contributed by atoms with Gasteiger partial charge in [-0.3, -0.25) is 9.79 Å². The minimum atomic E-state index is -0.849. The van der Waals surface area contributed by atoms with Gasteiger partial charge >= 0.3 is 0 Å². The third kappa shape index (κ3) is 9.45. The zero-order chi connectivity index (χ0) is 26.0. The van der Waals surface area contributed by atoms with Crippen LogP contribution in [0.2, 0.25) is 0 Å². The smallest absolute Gasteiger partial charge is 0.230 e. The lowest BCUT2D eigenvalue weighted by molar-refractivity contribution is -0.121. The molecular weight excluding hydrogens is 472 g/mol. The molecule has 0 spiro atoms. The van der Waals surface area contributed by atoms with Gasteiger partial charge in [-0.15, -0.1) is 10.2 Å². The Morgan fingerprint density at radius 1 is 1.23 bits per heavy atom. The summed E-state index contributed by atoms with van der Waals surface area (Å²) in [4.78, 5) is 17.3. The molecule has 0 aliphatic heterocycles. The summed E-state index contributed by atoms with van der Waals surface area (Å²) in [6.45, 7) is 8.60. The third-order valence-corrected chi connectivity index (χ3v) is 6.07. The largest absolute Gasteiger partial charge is 0.424 e. The van der Waals surface area contributed by atoms with Crippen LogP contribution >= 0.6 is 11.8 Å². The minimum absolute atomic E-state index is 0.0997. The second-order valence-corrected chi connectivity index (χ2v) is 9.20. The number of halogens is 2. The van der Waals surface area contributed by atoms with Gasteiger partial charge in [0, 0.05) is 18.0 Å². The van der Waals surface area contributed by atoms with Crippen molar-refractivity contribution in [1.82, 2.24) is 15.5 Å². The van der Waals surface area contributed by atoms with Gasteiger partial charge in [-0.05, 0) is 56.4 Å². The summed E-state index contributed by atoms with van der Waals surface area (Å²) in [6.07, 6.45) is 8.12. The first-order valence-electron chi connectivity index (χ1n) is 11.1. The Morgan fingerprint density at radius 3 is 2.40 bits per heavy atom. The number of aromatic nitrogens is 2. The Bertz CT molecular complexity index is 1150. The second-order valence-electron chi connectivity index (χ2n) is 8.05.